The van der Waals surface area contributed by atoms with E-state index >= 15 is 0 Å². The lowest BCUT2D eigenvalue weighted by molar-refractivity contribution is -0.384. The summed E-state index contributed by atoms with van der Waals surface area (Å²) in [6, 6.07) is 0. The summed E-state index contributed by atoms with van der Waals surface area (Å²) in [5, 5.41) is 23.9. The second-order valence-corrected chi connectivity index (χ2v) is 5.61. The zero-order valence-corrected chi connectivity index (χ0v) is 14.0. The van der Waals surface area contributed by atoms with E-state index in [0.29, 0.717) is 37.8 Å². The molecular weight excluding hydrogens is 314 g/mol. The summed E-state index contributed by atoms with van der Waals surface area (Å²) in [5.41, 5.74) is 0.492. The molecule has 0 unspecified atom stereocenters. The quantitative estimate of drug-likeness (QED) is 0.599. The Kier molecular flexibility index (Phi) is 4.47. The highest BCUT2D eigenvalue weighted by Crippen LogP contribution is 2.34. The summed E-state index contributed by atoms with van der Waals surface area (Å²) in [7, 11) is 0. The van der Waals surface area contributed by atoms with Crippen LogP contribution in [-0.2, 0) is 17.8 Å². The van der Waals surface area contributed by atoms with Crippen molar-refractivity contribution in [1.82, 2.24) is 24.5 Å². The molecule has 10 nitrogen and oxygen atoms in total. The molecule has 1 atom stereocenters. The van der Waals surface area contributed by atoms with Gasteiger partial charge in [-0.1, -0.05) is 0 Å². The van der Waals surface area contributed by atoms with Gasteiger partial charge in [-0.25, -0.2) is 4.68 Å². The van der Waals surface area contributed by atoms with Crippen LogP contribution in [0.3, 0.4) is 0 Å². The molecule has 0 amide bonds. The van der Waals surface area contributed by atoms with E-state index in [2.05, 4.69) is 15.3 Å². The Labute approximate surface area is 139 Å². The predicted molar refractivity (Wildman–Crippen MR) is 85.9 cm³/mol. The standard InChI is InChI=1S/C14H21N7O3/c1-4-18-9-15-16-13(18)11-8-19(6-7-24-11)14-12(21(22)23)10(3)17-20(14)5-2/h9,11H,4-8H2,1-3H3/t11-/m0/s1. The summed E-state index contributed by atoms with van der Waals surface area (Å²) in [6.45, 7) is 8.42. The van der Waals surface area contributed by atoms with E-state index in [4.69, 9.17) is 4.74 Å². The van der Waals surface area contributed by atoms with E-state index in [1.165, 1.54) is 0 Å². The van der Waals surface area contributed by atoms with Crippen molar-refractivity contribution in [2.75, 3.05) is 24.6 Å². The number of anilines is 1. The van der Waals surface area contributed by atoms with Gasteiger partial charge in [0.15, 0.2) is 5.82 Å². The summed E-state index contributed by atoms with van der Waals surface area (Å²) < 4.78 is 9.44. The van der Waals surface area contributed by atoms with Gasteiger partial charge in [0, 0.05) is 19.6 Å². The van der Waals surface area contributed by atoms with Gasteiger partial charge in [0.25, 0.3) is 0 Å². The minimum Gasteiger partial charge on any atom is -0.366 e. The molecule has 0 bridgehead atoms. The van der Waals surface area contributed by atoms with Crippen LogP contribution < -0.4 is 4.90 Å². The average Bonchev–Trinajstić information content (AvgIpc) is 3.18. The second-order valence-electron chi connectivity index (χ2n) is 5.61. The van der Waals surface area contributed by atoms with Crippen molar-refractivity contribution in [3.05, 3.63) is 28.0 Å². The fourth-order valence-corrected chi connectivity index (χ4v) is 3.06. The molecule has 3 rings (SSSR count). The molecule has 0 aliphatic carbocycles. The first-order valence-corrected chi connectivity index (χ1v) is 8.02. The van der Waals surface area contributed by atoms with Gasteiger partial charge < -0.3 is 14.2 Å². The average molecular weight is 335 g/mol. The van der Waals surface area contributed by atoms with Crippen molar-refractivity contribution in [1.29, 1.82) is 0 Å². The summed E-state index contributed by atoms with van der Waals surface area (Å²) in [4.78, 5) is 13.1. The van der Waals surface area contributed by atoms with Crippen LogP contribution in [0.5, 0.6) is 0 Å². The Morgan fingerprint density at radius 2 is 2.21 bits per heavy atom. The molecule has 1 aliphatic heterocycles. The molecule has 0 saturated carbocycles. The van der Waals surface area contributed by atoms with E-state index in [1.54, 1.807) is 17.9 Å². The van der Waals surface area contributed by atoms with Crippen molar-refractivity contribution in [3.63, 3.8) is 0 Å². The monoisotopic (exact) mass is 335 g/mol. The molecule has 0 N–H and O–H groups in total. The van der Waals surface area contributed by atoms with Crippen LogP contribution in [0, 0.1) is 17.0 Å². The summed E-state index contributed by atoms with van der Waals surface area (Å²) in [5.74, 6) is 1.28. The highest BCUT2D eigenvalue weighted by molar-refractivity contribution is 5.61. The van der Waals surface area contributed by atoms with Crippen molar-refractivity contribution in [2.24, 2.45) is 0 Å². The van der Waals surface area contributed by atoms with Crippen LogP contribution >= 0.6 is 0 Å². The highest BCUT2D eigenvalue weighted by atomic mass is 16.6. The van der Waals surface area contributed by atoms with Crippen molar-refractivity contribution < 1.29 is 9.66 Å². The number of nitrogens with zero attached hydrogens (tertiary/aromatic N) is 7. The number of morpholine rings is 1. The molecule has 1 fully saturated rings. The van der Waals surface area contributed by atoms with Crippen LogP contribution in [0.15, 0.2) is 6.33 Å². The first-order chi connectivity index (χ1) is 11.6. The van der Waals surface area contributed by atoms with Gasteiger partial charge in [-0.2, -0.15) is 5.10 Å². The SMILES string of the molecule is CCn1cnnc1[C@@H]1CN(c2c([N+](=O)[O-])c(C)nn2CC)CCO1. The van der Waals surface area contributed by atoms with Crippen molar-refractivity contribution in [3.8, 4) is 0 Å². The van der Waals surface area contributed by atoms with Gasteiger partial charge in [0.05, 0.1) is 18.1 Å². The first-order valence-electron chi connectivity index (χ1n) is 8.02. The minimum absolute atomic E-state index is 0.0643. The molecule has 3 heterocycles. The molecule has 130 valence electrons. The molecule has 0 spiro atoms. The lowest BCUT2D eigenvalue weighted by Crippen LogP contribution is -2.40. The van der Waals surface area contributed by atoms with Gasteiger partial charge in [0.1, 0.15) is 18.1 Å². The largest absolute Gasteiger partial charge is 0.366 e. The van der Waals surface area contributed by atoms with E-state index < -0.39 is 0 Å². The molecule has 2 aromatic heterocycles. The Bertz CT molecular complexity index is 739. The Hall–Kier alpha value is -2.49. The third kappa shape index (κ3) is 2.73. The lowest BCUT2D eigenvalue weighted by Gasteiger charge is -2.33. The van der Waals surface area contributed by atoms with Gasteiger partial charge in [-0.15, -0.1) is 10.2 Å². The third-order valence-corrected chi connectivity index (χ3v) is 4.19. The Morgan fingerprint density at radius 1 is 1.42 bits per heavy atom. The maximum absolute atomic E-state index is 11.5. The molecule has 0 radical (unpaired) electrons. The number of aromatic nitrogens is 5. The Morgan fingerprint density at radius 3 is 2.88 bits per heavy atom. The van der Waals surface area contributed by atoms with Gasteiger partial charge >= 0.3 is 5.69 Å². The topological polar surface area (TPSA) is 104 Å². The molecule has 1 aliphatic rings. The number of hydrogen-bond acceptors (Lipinski definition) is 7. The number of nitro groups is 1. The van der Waals surface area contributed by atoms with E-state index in [9.17, 15) is 10.1 Å². The number of hydrogen-bond donors (Lipinski definition) is 0. The zero-order valence-electron chi connectivity index (χ0n) is 14.0. The predicted octanol–water partition coefficient (Wildman–Crippen LogP) is 1.31. The molecule has 10 heteroatoms. The van der Waals surface area contributed by atoms with Crippen molar-refractivity contribution >= 4 is 11.5 Å². The fraction of sp³-hybridized carbons (Fsp3) is 0.643. The fourth-order valence-electron chi connectivity index (χ4n) is 3.06. The van der Waals surface area contributed by atoms with Crippen LogP contribution in [0.1, 0.15) is 31.5 Å². The zero-order chi connectivity index (χ0) is 17.3. The minimum atomic E-state index is -0.358. The smallest absolute Gasteiger partial charge is 0.333 e. The van der Waals surface area contributed by atoms with Gasteiger partial charge in [-0.3, -0.25) is 10.1 Å². The van der Waals surface area contributed by atoms with E-state index in [1.807, 2.05) is 23.3 Å². The van der Waals surface area contributed by atoms with Gasteiger partial charge in [0.2, 0.25) is 5.82 Å². The summed E-state index contributed by atoms with van der Waals surface area (Å²) >= 11 is 0. The third-order valence-electron chi connectivity index (χ3n) is 4.19. The molecule has 1 saturated heterocycles. The van der Waals surface area contributed by atoms with Gasteiger partial charge in [-0.05, 0) is 20.8 Å². The van der Waals surface area contributed by atoms with Crippen LogP contribution in [0.4, 0.5) is 11.5 Å². The summed E-state index contributed by atoms with van der Waals surface area (Å²) in [6.07, 6.45) is 1.39. The number of ether oxygens (including phenoxy) is 1. The lowest BCUT2D eigenvalue weighted by atomic mass is 10.2. The first kappa shape index (κ1) is 16.4. The van der Waals surface area contributed by atoms with Crippen LogP contribution in [0.25, 0.3) is 0 Å². The highest BCUT2D eigenvalue weighted by Gasteiger charge is 2.34. The van der Waals surface area contributed by atoms with E-state index in [0.717, 1.165) is 12.4 Å². The maximum atomic E-state index is 11.5. The molecule has 24 heavy (non-hydrogen) atoms. The second kappa shape index (κ2) is 6.56. The number of aryl methyl sites for hydroxylation is 3. The normalized spacial score (nSPS) is 18.1. The Balaban J connectivity index is 1.94. The molecule has 2 aromatic rings. The van der Waals surface area contributed by atoms with Crippen LogP contribution in [-0.4, -0.2) is 49.2 Å². The molecule has 0 aromatic carbocycles. The van der Waals surface area contributed by atoms with Crippen LogP contribution in [0.2, 0.25) is 0 Å². The maximum Gasteiger partial charge on any atom is 0.333 e. The van der Waals surface area contributed by atoms with E-state index in [-0.39, 0.29) is 16.7 Å². The molecular formula is C14H21N7O3. The number of rotatable bonds is 5. The van der Waals surface area contributed by atoms with Crippen molar-refractivity contribution in [2.45, 2.75) is 40.0 Å².